The van der Waals surface area contributed by atoms with E-state index in [1.54, 1.807) is 113 Å². The standard InChI is InChI=1S/C46H48N8O9S2/c1-46(2,3)63-45(55)52-28-37(29-52)64(56,57)40-23-22-38(39-9-7-8-33(24-47)42(39)48)41(44-49-51-54(50-44)27-32-14-20-36(62-6)21-15-32)43(40)65(58,59)53(25-30-10-16-34(60-4)17-11-30)26-31-12-18-35(61-5)19-13-31/h7-23,37H,25-29,48H2,1-6H3. The number of hydrogen-bond donors (Lipinski definition) is 1. The van der Waals surface area contributed by atoms with E-state index in [-0.39, 0.29) is 66.5 Å². The van der Waals surface area contributed by atoms with Crippen molar-refractivity contribution in [2.75, 3.05) is 40.2 Å². The Labute approximate surface area is 377 Å². The number of sulfone groups is 1. The molecule has 19 heteroatoms. The molecule has 1 aliphatic rings. The number of nitriles is 1. The Morgan fingerprint density at radius 1 is 0.785 bits per heavy atom. The van der Waals surface area contributed by atoms with Gasteiger partial charge in [-0.3, -0.25) is 0 Å². The highest BCUT2D eigenvalue weighted by Crippen LogP contribution is 2.44. The SMILES string of the molecule is COc1ccc(CN(Cc2ccc(OC)cc2)S(=O)(=O)c2c(S(=O)(=O)C3CN(C(=O)OC(C)(C)C)C3)ccc(-c3cccc(C#N)c3N)c2-c2nnn(Cc3ccc(OC)cc3)n2)cc1. The Morgan fingerprint density at radius 2 is 1.32 bits per heavy atom. The van der Waals surface area contributed by atoms with Gasteiger partial charge in [0.15, 0.2) is 9.84 Å². The first-order valence-electron chi connectivity index (χ1n) is 20.3. The van der Waals surface area contributed by atoms with Crippen LogP contribution in [0.1, 0.15) is 43.0 Å². The lowest BCUT2D eigenvalue weighted by molar-refractivity contribution is 0.0139. The molecule has 0 spiro atoms. The van der Waals surface area contributed by atoms with Crippen molar-refractivity contribution in [2.45, 2.75) is 61.0 Å². The zero-order chi connectivity index (χ0) is 46.7. The van der Waals surface area contributed by atoms with Crippen molar-refractivity contribution in [1.82, 2.24) is 29.4 Å². The molecule has 0 unspecified atom stereocenters. The van der Waals surface area contributed by atoms with E-state index in [9.17, 15) is 10.1 Å². The van der Waals surface area contributed by atoms with Crippen LogP contribution in [0.5, 0.6) is 17.2 Å². The van der Waals surface area contributed by atoms with Crippen LogP contribution in [-0.4, -0.2) is 97.6 Å². The highest BCUT2D eigenvalue weighted by atomic mass is 32.2. The summed E-state index contributed by atoms with van der Waals surface area (Å²) >= 11 is 0. The number of para-hydroxylation sites is 1. The van der Waals surface area contributed by atoms with Crippen molar-refractivity contribution in [3.8, 4) is 45.8 Å². The van der Waals surface area contributed by atoms with Crippen LogP contribution in [0.2, 0.25) is 0 Å². The van der Waals surface area contributed by atoms with Gasteiger partial charge < -0.3 is 29.6 Å². The number of carbonyl (C=O) groups excluding carboxylic acids is 1. The van der Waals surface area contributed by atoms with E-state index in [2.05, 4.69) is 21.5 Å². The fourth-order valence-electron chi connectivity index (χ4n) is 7.21. The van der Waals surface area contributed by atoms with Crippen molar-refractivity contribution >= 4 is 31.6 Å². The molecular weight excluding hydrogens is 873 g/mol. The fraction of sp³-hybridized carbons (Fsp3) is 0.283. The van der Waals surface area contributed by atoms with Crippen LogP contribution in [0.4, 0.5) is 10.5 Å². The van der Waals surface area contributed by atoms with Crippen LogP contribution >= 0.6 is 0 Å². The lowest BCUT2D eigenvalue weighted by Gasteiger charge is -2.39. The van der Waals surface area contributed by atoms with Gasteiger partial charge in [-0.1, -0.05) is 54.6 Å². The van der Waals surface area contributed by atoms with E-state index in [0.717, 1.165) is 5.56 Å². The average molecular weight is 921 g/mol. The molecule has 0 bridgehead atoms. The third-order valence-electron chi connectivity index (χ3n) is 10.7. The highest BCUT2D eigenvalue weighted by Gasteiger charge is 2.46. The summed E-state index contributed by atoms with van der Waals surface area (Å²) in [5.74, 6) is 1.49. The number of aromatic nitrogens is 4. The number of anilines is 1. The Morgan fingerprint density at radius 3 is 1.83 bits per heavy atom. The molecule has 2 heterocycles. The Hall–Kier alpha value is -7.01. The van der Waals surface area contributed by atoms with Crippen molar-refractivity contribution < 1.29 is 40.6 Å². The summed E-state index contributed by atoms with van der Waals surface area (Å²) in [6.45, 7) is 4.23. The second kappa shape index (κ2) is 18.6. The maximum atomic E-state index is 16.0. The van der Waals surface area contributed by atoms with Crippen molar-refractivity contribution in [2.24, 2.45) is 0 Å². The predicted octanol–water partition coefficient (Wildman–Crippen LogP) is 6.32. The first-order valence-corrected chi connectivity index (χ1v) is 23.3. The minimum atomic E-state index is -4.96. The molecule has 1 aromatic heterocycles. The van der Waals surface area contributed by atoms with E-state index in [0.29, 0.717) is 28.4 Å². The van der Waals surface area contributed by atoms with Gasteiger partial charge in [-0.15, -0.1) is 10.2 Å². The summed E-state index contributed by atoms with van der Waals surface area (Å²) < 4.78 is 84.9. The van der Waals surface area contributed by atoms with Crippen molar-refractivity contribution in [1.29, 1.82) is 5.26 Å². The molecule has 7 rings (SSSR count). The molecule has 1 amide bonds. The summed E-state index contributed by atoms with van der Waals surface area (Å²) in [5, 5.41) is 22.1. The molecule has 338 valence electrons. The molecule has 0 atom stereocenters. The van der Waals surface area contributed by atoms with Crippen molar-refractivity contribution in [3.63, 3.8) is 0 Å². The Balaban J connectivity index is 1.48. The molecule has 1 saturated heterocycles. The second-order valence-corrected chi connectivity index (χ2v) is 20.3. The Bertz CT molecular complexity index is 2910. The summed E-state index contributed by atoms with van der Waals surface area (Å²) in [6.07, 6.45) is -0.705. The molecule has 0 aliphatic carbocycles. The van der Waals surface area contributed by atoms with Gasteiger partial charge in [-0.05, 0) is 96.8 Å². The molecule has 65 heavy (non-hydrogen) atoms. The number of tetrazole rings is 1. The molecule has 17 nitrogen and oxygen atoms in total. The number of nitrogens with two attached hydrogens (primary N) is 1. The summed E-state index contributed by atoms with van der Waals surface area (Å²) in [4.78, 5) is 14.3. The third kappa shape index (κ3) is 9.89. The summed E-state index contributed by atoms with van der Waals surface area (Å²) in [7, 11) is -4.97. The van der Waals surface area contributed by atoms with Crippen LogP contribution in [0.3, 0.4) is 0 Å². The first-order chi connectivity index (χ1) is 30.9. The molecule has 0 saturated carbocycles. The number of ether oxygens (including phenoxy) is 4. The van der Waals surface area contributed by atoms with E-state index >= 15 is 16.8 Å². The van der Waals surface area contributed by atoms with Crippen molar-refractivity contribution in [3.05, 3.63) is 125 Å². The Kier molecular flexibility index (Phi) is 13.2. The second-order valence-electron chi connectivity index (χ2n) is 16.2. The maximum absolute atomic E-state index is 16.0. The van der Waals surface area contributed by atoms with Crippen LogP contribution in [-0.2, 0) is 44.2 Å². The minimum absolute atomic E-state index is 0.0150. The van der Waals surface area contributed by atoms with Gasteiger partial charge in [0.1, 0.15) is 39.1 Å². The molecule has 5 aromatic carbocycles. The van der Waals surface area contributed by atoms with Crippen LogP contribution in [0.25, 0.3) is 22.5 Å². The van der Waals surface area contributed by atoms with Gasteiger partial charge in [0.25, 0.3) is 0 Å². The van der Waals surface area contributed by atoms with Gasteiger partial charge in [0.05, 0.1) is 49.6 Å². The summed E-state index contributed by atoms with van der Waals surface area (Å²) in [6, 6.07) is 30.2. The van der Waals surface area contributed by atoms with Gasteiger partial charge >= 0.3 is 6.09 Å². The normalized spacial score (nSPS) is 13.2. The van der Waals surface area contributed by atoms with E-state index in [4.69, 9.17) is 24.7 Å². The van der Waals surface area contributed by atoms with E-state index in [1.807, 2.05) is 0 Å². The van der Waals surface area contributed by atoms with E-state index < -0.39 is 46.6 Å². The largest absolute Gasteiger partial charge is 0.497 e. The fourth-order valence-corrected chi connectivity index (χ4v) is 11.3. The monoisotopic (exact) mass is 920 g/mol. The molecule has 1 aliphatic heterocycles. The van der Waals surface area contributed by atoms with Crippen LogP contribution < -0.4 is 19.9 Å². The zero-order valence-corrected chi connectivity index (χ0v) is 38.3. The number of amides is 1. The third-order valence-corrected chi connectivity index (χ3v) is 14.8. The number of benzene rings is 5. The topological polar surface area (TPSA) is 222 Å². The van der Waals surface area contributed by atoms with Gasteiger partial charge in [-0.2, -0.15) is 14.4 Å². The molecular formula is C46H48N8O9S2. The molecule has 0 radical (unpaired) electrons. The van der Waals surface area contributed by atoms with Crippen LogP contribution in [0, 0.1) is 11.3 Å². The number of nitrogen functional groups attached to an aromatic ring is 1. The summed E-state index contributed by atoms with van der Waals surface area (Å²) in [5.41, 5.74) is 7.91. The molecule has 2 N–H and O–H groups in total. The lowest BCUT2D eigenvalue weighted by atomic mass is 9.96. The quantitative estimate of drug-likeness (QED) is 0.111. The minimum Gasteiger partial charge on any atom is -0.497 e. The lowest BCUT2D eigenvalue weighted by Crippen LogP contribution is -2.57. The number of rotatable bonds is 15. The number of nitrogens with zero attached hydrogens (tertiary/aromatic N) is 7. The average Bonchev–Trinajstić information content (AvgIpc) is 3.73. The smallest absolute Gasteiger partial charge is 0.410 e. The van der Waals surface area contributed by atoms with Gasteiger partial charge in [-0.25, -0.2) is 21.6 Å². The highest BCUT2D eigenvalue weighted by molar-refractivity contribution is 7.94. The number of sulfonamides is 1. The number of carbonyl (C=O) groups is 1. The first kappa shape index (κ1) is 46.0. The molecule has 1 fully saturated rings. The van der Waals surface area contributed by atoms with E-state index in [1.165, 1.54) is 46.4 Å². The predicted molar refractivity (Wildman–Crippen MR) is 241 cm³/mol. The molecule has 6 aromatic rings. The van der Waals surface area contributed by atoms with Gasteiger partial charge in [0.2, 0.25) is 15.8 Å². The zero-order valence-electron chi connectivity index (χ0n) is 36.6. The van der Waals surface area contributed by atoms with Gasteiger partial charge in [0, 0.05) is 31.7 Å². The maximum Gasteiger partial charge on any atom is 0.410 e. The number of likely N-dealkylation sites (tertiary alicyclic amines) is 1. The van der Waals surface area contributed by atoms with Crippen LogP contribution in [0.15, 0.2) is 113 Å². The number of methoxy groups -OCH3 is 3. The number of hydrogen-bond acceptors (Lipinski definition) is 14.